The van der Waals surface area contributed by atoms with Gasteiger partial charge in [0.25, 0.3) is 11.6 Å². The molecule has 0 saturated heterocycles. The predicted molar refractivity (Wildman–Crippen MR) is 113 cm³/mol. The molecule has 0 aliphatic heterocycles. The van der Waals surface area contributed by atoms with Gasteiger partial charge in [-0.1, -0.05) is 41.9 Å². The number of rotatable bonds is 5. The molecule has 7 nitrogen and oxygen atoms in total. The van der Waals surface area contributed by atoms with Gasteiger partial charge in [-0.15, -0.1) is 11.3 Å². The normalized spacial score (nSPS) is 11.2. The lowest BCUT2D eigenvalue weighted by Crippen LogP contribution is -2.16. The van der Waals surface area contributed by atoms with Crippen LogP contribution in [0.2, 0.25) is 5.02 Å². The van der Waals surface area contributed by atoms with E-state index in [2.05, 4.69) is 10.5 Å². The standard InChI is InChI=1S/C20H12ClN3O4S/c21-18-14-6-2-4-8-17(14)29-19(18)20(25)23-22-11-12-9-10-16(28-12)13-5-1-3-7-15(13)24(26)27/h1-11H,(H,23,25). The third kappa shape index (κ3) is 3.75. The molecule has 0 aliphatic rings. The van der Waals surface area contributed by atoms with Gasteiger partial charge in [-0.2, -0.15) is 5.10 Å². The zero-order valence-electron chi connectivity index (χ0n) is 14.7. The molecular formula is C20H12ClN3O4S. The summed E-state index contributed by atoms with van der Waals surface area (Å²) in [6, 6.07) is 17.0. The van der Waals surface area contributed by atoms with Crippen LogP contribution < -0.4 is 5.43 Å². The van der Waals surface area contributed by atoms with Gasteiger partial charge in [-0.25, -0.2) is 5.43 Å². The van der Waals surface area contributed by atoms with Crippen molar-refractivity contribution in [3.8, 4) is 11.3 Å². The molecule has 1 amide bonds. The van der Waals surface area contributed by atoms with Crippen LogP contribution in [0.3, 0.4) is 0 Å². The number of nitrogens with one attached hydrogen (secondary N) is 1. The summed E-state index contributed by atoms with van der Waals surface area (Å²) in [5, 5.41) is 16.2. The number of fused-ring (bicyclic) bond motifs is 1. The van der Waals surface area contributed by atoms with Crippen molar-refractivity contribution in [1.29, 1.82) is 0 Å². The second kappa shape index (κ2) is 7.86. The summed E-state index contributed by atoms with van der Waals surface area (Å²) in [6.07, 6.45) is 1.32. The first kappa shape index (κ1) is 18.9. The number of nitrogens with zero attached hydrogens (tertiary/aromatic N) is 2. The van der Waals surface area contributed by atoms with Crippen molar-refractivity contribution < 1.29 is 14.1 Å². The van der Waals surface area contributed by atoms with Crippen LogP contribution in [-0.2, 0) is 0 Å². The quantitative estimate of drug-likeness (QED) is 0.260. The van der Waals surface area contributed by atoms with Crippen molar-refractivity contribution in [2.75, 3.05) is 0 Å². The highest BCUT2D eigenvalue weighted by Gasteiger charge is 2.18. The maximum Gasteiger partial charge on any atom is 0.283 e. The van der Waals surface area contributed by atoms with E-state index in [0.717, 1.165) is 10.1 Å². The summed E-state index contributed by atoms with van der Waals surface area (Å²) in [4.78, 5) is 23.4. The maximum atomic E-state index is 12.4. The molecule has 9 heteroatoms. The molecule has 4 rings (SSSR count). The van der Waals surface area contributed by atoms with E-state index in [9.17, 15) is 14.9 Å². The second-order valence-corrected chi connectivity index (χ2v) is 7.35. The number of benzene rings is 2. The summed E-state index contributed by atoms with van der Waals surface area (Å²) < 4.78 is 6.50. The van der Waals surface area contributed by atoms with E-state index in [1.807, 2.05) is 24.3 Å². The van der Waals surface area contributed by atoms with Crippen molar-refractivity contribution in [1.82, 2.24) is 5.43 Å². The van der Waals surface area contributed by atoms with E-state index in [1.165, 1.54) is 23.6 Å². The van der Waals surface area contributed by atoms with E-state index >= 15 is 0 Å². The van der Waals surface area contributed by atoms with Crippen molar-refractivity contribution in [3.05, 3.63) is 86.4 Å². The Bertz CT molecular complexity index is 1260. The number of nitro benzene ring substituents is 1. The molecule has 0 unspecified atom stereocenters. The summed E-state index contributed by atoms with van der Waals surface area (Å²) in [5.74, 6) is 0.233. The molecule has 0 aliphatic carbocycles. The Hall–Kier alpha value is -3.49. The smallest absolute Gasteiger partial charge is 0.283 e. The number of amides is 1. The van der Waals surface area contributed by atoms with Gasteiger partial charge in [-0.05, 0) is 24.3 Å². The maximum absolute atomic E-state index is 12.4. The van der Waals surface area contributed by atoms with Gasteiger partial charge >= 0.3 is 0 Å². The molecule has 0 fully saturated rings. The molecule has 2 heterocycles. The first-order chi connectivity index (χ1) is 14.0. The number of para-hydroxylation sites is 1. The highest BCUT2D eigenvalue weighted by Crippen LogP contribution is 2.35. The van der Waals surface area contributed by atoms with Crippen LogP contribution >= 0.6 is 22.9 Å². The lowest BCUT2D eigenvalue weighted by atomic mass is 10.1. The van der Waals surface area contributed by atoms with Gasteiger partial charge in [0.2, 0.25) is 0 Å². The van der Waals surface area contributed by atoms with E-state index in [-0.39, 0.29) is 5.69 Å². The van der Waals surface area contributed by atoms with Gasteiger partial charge in [0.05, 0.1) is 21.7 Å². The zero-order valence-corrected chi connectivity index (χ0v) is 16.2. The van der Waals surface area contributed by atoms with Crippen LogP contribution in [-0.4, -0.2) is 17.0 Å². The summed E-state index contributed by atoms with van der Waals surface area (Å²) in [7, 11) is 0. The van der Waals surface area contributed by atoms with Gasteiger partial charge < -0.3 is 4.42 Å². The first-order valence-electron chi connectivity index (χ1n) is 8.38. The van der Waals surface area contributed by atoms with Crippen molar-refractivity contribution in [2.45, 2.75) is 0 Å². The molecule has 2 aromatic heterocycles. The number of nitro groups is 1. The Morgan fingerprint density at radius 3 is 2.69 bits per heavy atom. The molecule has 0 radical (unpaired) electrons. The Morgan fingerprint density at radius 2 is 1.90 bits per heavy atom. The summed E-state index contributed by atoms with van der Waals surface area (Å²) in [6.45, 7) is 0. The van der Waals surface area contributed by atoms with Crippen LogP contribution in [0.5, 0.6) is 0 Å². The van der Waals surface area contributed by atoms with E-state index in [1.54, 1.807) is 30.3 Å². The van der Waals surface area contributed by atoms with Crippen LogP contribution in [0.1, 0.15) is 15.4 Å². The Morgan fingerprint density at radius 1 is 1.14 bits per heavy atom. The predicted octanol–water partition coefficient (Wildman–Crippen LogP) is 5.49. The first-order valence-corrected chi connectivity index (χ1v) is 9.58. The fraction of sp³-hybridized carbons (Fsp3) is 0. The molecule has 1 N–H and O–H groups in total. The lowest BCUT2D eigenvalue weighted by Gasteiger charge is -1.98. The molecular weight excluding hydrogens is 414 g/mol. The third-order valence-electron chi connectivity index (χ3n) is 4.09. The average molecular weight is 426 g/mol. The molecule has 0 bridgehead atoms. The molecule has 0 atom stereocenters. The fourth-order valence-electron chi connectivity index (χ4n) is 2.77. The number of thiophene rings is 1. The minimum atomic E-state index is -0.472. The Balaban J connectivity index is 1.50. The number of furan rings is 1. The topological polar surface area (TPSA) is 97.7 Å². The molecule has 144 valence electrons. The van der Waals surface area contributed by atoms with Gasteiger partial charge in [-0.3, -0.25) is 14.9 Å². The molecule has 2 aromatic carbocycles. The number of halogens is 1. The third-order valence-corrected chi connectivity index (χ3v) is 5.77. The van der Waals surface area contributed by atoms with Gasteiger partial charge in [0.1, 0.15) is 16.4 Å². The van der Waals surface area contributed by atoms with E-state index < -0.39 is 10.8 Å². The molecule has 29 heavy (non-hydrogen) atoms. The fourth-order valence-corrected chi connectivity index (χ4v) is 4.18. The SMILES string of the molecule is O=C(NN=Cc1ccc(-c2ccccc2[N+](=O)[O-])o1)c1sc2ccccc2c1Cl. The highest BCUT2D eigenvalue weighted by molar-refractivity contribution is 7.21. The van der Waals surface area contributed by atoms with Crippen LogP contribution in [0, 0.1) is 10.1 Å². The summed E-state index contributed by atoms with van der Waals surface area (Å²) in [5.41, 5.74) is 2.72. The number of hydrazone groups is 1. The lowest BCUT2D eigenvalue weighted by molar-refractivity contribution is -0.384. The Labute approximate surface area is 173 Å². The highest BCUT2D eigenvalue weighted by atomic mass is 35.5. The average Bonchev–Trinajstić information content (AvgIpc) is 3.33. The van der Waals surface area contributed by atoms with Crippen LogP contribution in [0.25, 0.3) is 21.4 Å². The largest absolute Gasteiger partial charge is 0.455 e. The molecule has 0 saturated carbocycles. The zero-order chi connectivity index (χ0) is 20.4. The minimum Gasteiger partial charge on any atom is -0.455 e. The van der Waals surface area contributed by atoms with Crippen LogP contribution in [0.15, 0.2) is 70.2 Å². The van der Waals surface area contributed by atoms with Crippen molar-refractivity contribution >= 4 is 50.8 Å². The van der Waals surface area contributed by atoms with Crippen molar-refractivity contribution in [3.63, 3.8) is 0 Å². The monoisotopic (exact) mass is 425 g/mol. The summed E-state index contributed by atoms with van der Waals surface area (Å²) >= 11 is 7.56. The number of hydrogen-bond donors (Lipinski definition) is 1. The second-order valence-electron chi connectivity index (χ2n) is 5.92. The Kier molecular flexibility index (Phi) is 5.11. The molecule has 0 spiro atoms. The van der Waals surface area contributed by atoms with E-state index in [4.69, 9.17) is 16.0 Å². The van der Waals surface area contributed by atoms with Gasteiger partial charge in [0, 0.05) is 16.2 Å². The minimum absolute atomic E-state index is 0.0574. The van der Waals surface area contributed by atoms with E-state index in [0.29, 0.717) is 27.0 Å². The number of hydrogen-bond acceptors (Lipinski definition) is 6. The molecule has 4 aromatic rings. The van der Waals surface area contributed by atoms with Crippen LogP contribution in [0.4, 0.5) is 5.69 Å². The van der Waals surface area contributed by atoms with Crippen molar-refractivity contribution in [2.24, 2.45) is 5.10 Å². The number of carbonyl (C=O) groups excluding carboxylic acids is 1. The van der Waals surface area contributed by atoms with Gasteiger partial charge in [0.15, 0.2) is 0 Å². The number of carbonyl (C=O) groups is 1.